The van der Waals surface area contributed by atoms with E-state index in [9.17, 15) is 0 Å². The zero-order valence-electron chi connectivity index (χ0n) is 10.9. The Labute approximate surface area is 112 Å². The summed E-state index contributed by atoms with van der Waals surface area (Å²) in [5.74, 6) is 1.61. The fourth-order valence-corrected chi connectivity index (χ4v) is 3.14. The summed E-state index contributed by atoms with van der Waals surface area (Å²) in [7, 11) is 3.73. The molecule has 0 aromatic heterocycles. The second-order valence-electron chi connectivity index (χ2n) is 5.45. The summed E-state index contributed by atoms with van der Waals surface area (Å²) in [6.07, 6.45) is 1.29. The molecule has 0 radical (unpaired) electrons. The SMILES string of the molecule is CNC(c1ccc(OC)cc1Br)C1CC1(C)C. The molecule has 2 atom stereocenters. The van der Waals surface area contributed by atoms with E-state index in [4.69, 9.17) is 4.74 Å². The minimum Gasteiger partial charge on any atom is -0.497 e. The van der Waals surface area contributed by atoms with Crippen molar-refractivity contribution in [2.45, 2.75) is 26.3 Å². The first kappa shape index (κ1) is 12.9. The third-order valence-electron chi connectivity index (χ3n) is 3.85. The summed E-state index contributed by atoms with van der Waals surface area (Å²) in [5, 5.41) is 3.44. The number of halogens is 1. The molecule has 1 aromatic carbocycles. The van der Waals surface area contributed by atoms with Gasteiger partial charge in [0.05, 0.1) is 7.11 Å². The van der Waals surface area contributed by atoms with Crippen molar-refractivity contribution in [2.75, 3.05) is 14.2 Å². The van der Waals surface area contributed by atoms with Gasteiger partial charge in [-0.05, 0) is 42.5 Å². The van der Waals surface area contributed by atoms with Crippen LogP contribution in [0.1, 0.15) is 31.9 Å². The highest BCUT2D eigenvalue weighted by atomic mass is 79.9. The van der Waals surface area contributed by atoms with Gasteiger partial charge in [0, 0.05) is 10.5 Å². The number of hydrogen-bond donors (Lipinski definition) is 1. The molecule has 17 heavy (non-hydrogen) atoms. The van der Waals surface area contributed by atoms with Gasteiger partial charge in [-0.15, -0.1) is 0 Å². The normalized spacial score (nSPS) is 23.2. The van der Waals surface area contributed by atoms with Gasteiger partial charge in [-0.3, -0.25) is 0 Å². The lowest BCUT2D eigenvalue weighted by Crippen LogP contribution is -2.21. The molecule has 0 spiro atoms. The molecule has 1 aromatic rings. The van der Waals surface area contributed by atoms with Gasteiger partial charge in [0.2, 0.25) is 0 Å². The highest BCUT2D eigenvalue weighted by molar-refractivity contribution is 9.10. The number of methoxy groups -OCH3 is 1. The summed E-state index contributed by atoms with van der Waals surface area (Å²) in [4.78, 5) is 0. The first-order valence-corrected chi connectivity index (χ1v) is 6.79. The molecule has 3 heteroatoms. The van der Waals surface area contributed by atoms with Crippen LogP contribution in [0.4, 0.5) is 0 Å². The van der Waals surface area contributed by atoms with Crippen molar-refractivity contribution in [3.63, 3.8) is 0 Å². The van der Waals surface area contributed by atoms with E-state index in [1.807, 2.05) is 19.2 Å². The minimum absolute atomic E-state index is 0.422. The second kappa shape index (κ2) is 4.62. The van der Waals surface area contributed by atoms with Gasteiger partial charge >= 0.3 is 0 Å². The Bertz CT molecular complexity index is 417. The lowest BCUT2D eigenvalue weighted by Gasteiger charge is -2.20. The highest BCUT2D eigenvalue weighted by Crippen LogP contribution is 2.58. The van der Waals surface area contributed by atoms with E-state index in [0.29, 0.717) is 11.5 Å². The molecule has 2 nitrogen and oxygen atoms in total. The molecule has 1 aliphatic rings. The van der Waals surface area contributed by atoms with Crippen molar-refractivity contribution in [3.05, 3.63) is 28.2 Å². The van der Waals surface area contributed by atoms with Crippen molar-refractivity contribution >= 4 is 15.9 Å². The van der Waals surface area contributed by atoms with Gasteiger partial charge in [0.25, 0.3) is 0 Å². The first-order chi connectivity index (χ1) is 7.99. The highest BCUT2D eigenvalue weighted by Gasteiger charge is 2.50. The molecule has 0 saturated heterocycles. The molecule has 1 saturated carbocycles. The summed E-state index contributed by atoms with van der Waals surface area (Å²) < 4.78 is 6.35. The Morgan fingerprint density at radius 1 is 1.47 bits per heavy atom. The van der Waals surface area contributed by atoms with E-state index < -0.39 is 0 Å². The minimum atomic E-state index is 0.422. The second-order valence-corrected chi connectivity index (χ2v) is 6.31. The maximum absolute atomic E-state index is 5.23. The predicted octanol–water partition coefficient (Wildman–Crippen LogP) is 3.76. The Hall–Kier alpha value is -0.540. The van der Waals surface area contributed by atoms with Crippen molar-refractivity contribution in [1.82, 2.24) is 5.32 Å². The van der Waals surface area contributed by atoms with Gasteiger partial charge in [-0.1, -0.05) is 35.8 Å². The van der Waals surface area contributed by atoms with Gasteiger partial charge in [-0.25, -0.2) is 0 Å². The van der Waals surface area contributed by atoms with Gasteiger partial charge in [0.15, 0.2) is 0 Å². The smallest absolute Gasteiger partial charge is 0.120 e. The number of rotatable bonds is 4. The van der Waals surface area contributed by atoms with Crippen LogP contribution >= 0.6 is 15.9 Å². The Morgan fingerprint density at radius 2 is 2.12 bits per heavy atom. The van der Waals surface area contributed by atoms with E-state index in [0.717, 1.165) is 16.1 Å². The molecule has 94 valence electrons. The van der Waals surface area contributed by atoms with Crippen LogP contribution in [0, 0.1) is 11.3 Å². The number of benzene rings is 1. The molecule has 0 heterocycles. The molecule has 1 N–H and O–H groups in total. The quantitative estimate of drug-likeness (QED) is 0.913. The Morgan fingerprint density at radius 3 is 2.53 bits per heavy atom. The summed E-state index contributed by atoms with van der Waals surface area (Å²) in [6, 6.07) is 6.64. The van der Waals surface area contributed by atoms with Crippen LogP contribution < -0.4 is 10.1 Å². The number of ether oxygens (including phenoxy) is 1. The molecule has 2 rings (SSSR count). The fourth-order valence-electron chi connectivity index (χ4n) is 2.54. The van der Waals surface area contributed by atoms with Gasteiger partial charge < -0.3 is 10.1 Å². The van der Waals surface area contributed by atoms with Crippen molar-refractivity contribution < 1.29 is 4.74 Å². The lowest BCUT2D eigenvalue weighted by molar-refractivity contribution is 0.412. The van der Waals surface area contributed by atoms with E-state index >= 15 is 0 Å². The number of hydrogen-bond acceptors (Lipinski definition) is 2. The summed E-state index contributed by atoms with van der Waals surface area (Å²) in [6.45, 7) is 4.67. The Kier molecular flexibility index (Phi) is 3.50. The molecule has 0 aliphatic heterocycles. The third-order valence-corrected chi connectivity index (χ3v) is 4.53. The van der Waals surface area contributed by atoms with Crippen LogP contribution in [0.15, 0.2) is 22.7 Å². The van der Waals surface area contributed by atoms with E-state index in [1.54, 1.807) is 7.11 Å². The number of nitrogens with one attached hydrogen (secondary N) is 1. The molecule has 1 fully saturated rings. The molecular formula is C14H20BrNO. The topological polar surface area (TPSA) is 21.3 Å². The zero-order valence-corrected chi connectivity index (χ0v) is 12.5. The Balaban J connectivity index is 2.26. The van der Waals surface area contributed by atoms with Crippen molar-refractivity contribution in [2.24, 2.45) is 11.3 Å². The van der Waals surface area contributed by atoms with Crippen LogP contribution in [0.3, 0.4) is 0 Å². The van der Waals surface area contributed by atoms with E-state index in [2.05, 4.69) is 41.2 Å². The maximum atomic E-state index is 5.23. The molecule has 1 aliphatic carbocycles. The van der Waals surface area contributed by atoms with Crippen LogP contribution in [0.5, 0.6) is 5.75 Å². The van der Waals surface area contributed by atoms with E-state index in [1.165, 1.54) is 12.0 Å². The van der Waals surface area contributed by atoms with Crippen molar-refractivity contribution in [1.29, 1.82) is 0 Å². The third kappa shape index (κ3) is 2.50. The van der Waals surface area contributed by atoms with Crippen LogP contribution in [0.2, 0.25) is 0 Å². The van der Waals surface area contributed by atoms with Gasteiger partial charge in [0.1, 0.15) is 5.75 Å². The monoisotopic (exact) mass is 297 g/mol. The molecule has 2 unspecified atom stereocenters. The van der Waals surface area contributed by atoms with E-state index in [-0.39, 0.29) is 0 Å². The average molecular weight is 298 g/mol. The molecular weight excluding hydrogens is 278 g/mol. The summed E-state index contributed by atoms with van der Waals surface area (Å²) >= 11 is 3.64. The molecule has 0 bridgehead atoms. The van der Waals surface area contributed by atoms with Gasteiger partial charge in [-0.2, -0.15) is 0 Å². The lowest BCUT2D eigenvalue weighted by atomic mass is 9.97. The summed E-state index contributed by atoms with van der Waals surface area (Å²) in [5.41, 5.74) is 1.79. The fraction of sp³-hybridized carbons (Fsp3) is 0.571. The average Bonchev–Trinajstić information content (AvgIpc) is 2.91. The maximum Gasteiger partial charge on any atom is 0.120 e. The van der Waals surface area contributed by atoms with Crippen molar-refractivity contribution in [3.8, 4) is 5.75 Å². The van der Waals surface area contributed by atoms with Crippen LogP contribution in [0.25, 0.3) is 0 Å². The largest absolute Gasteiger partial charge is 0.497 e. The molecule has 0 amide bonds. The standard InChI is InChI=1S/C14H20BrNO/c1-14(2)8-11(14)13(16-3)10-6-5-9(17-4)7-12(10)15/h5-7,11,13,16H,8H2,1-4H3. The van der Waals surface area contributed by atoms with Crippen LogP contribution in [-0.4, -0.2) is 14.2 Å². The predicted molar refractivity (Wildman–Crippen MR) is 74.4 cm³/mol. The zero-order chi connectivity index (χ0) is 12.6. The van der Waals surface area contributed by atoms with Crippen LogP contribution in [-0.2, 0) is 0 Å². The first-order valence-electron chi connectivity index (χ1n) is 6.00.